The highest BCUT2D eigenvalue weighted by atomic mass is 32.1. The van der Waals surface area contributed by atoms with Crippen LogP contribution in [-0.2, 0) is 0 Å². The third-order valence-electron chi connectivity index (χ3n) is 3.23. The molecule has 2 aromatic carbocycles. The van der Waals surface area contributed by atoms with Crippen molar-refractivity contribution in [1.29, 1.82) is 5.26 Å². The minimum absolute atomic E-state index is 0.658. The van der Waals surface area contributed by atoms with E-state index in [1.54, 1.807) is 11.3 Å². The van der Waals surface area contributed by atoms with E-state index in [0.717, 1.165) is 27.6 Å². The average Bonchev–Trinajstić information content (AvgIpc) is 3.06. The molecule has 0 aliphatic rings. The highest BCUT2D eigenvalue weighted by Gasteiger charge is 2.07. The lowest BCUT2D eigenvalue weighted by atomic mass is 10.1. The molecule has 108 valence electrons. The fourth-order valence-electron chi connectivity index (χ4n) is 2.11. The van der Waals surface area contributed by atoms with E-state index in [1.807, 2.05) is 60.8 Å². The van der Waals surface area contributed by atoms with Crippen molar-refractivity contribution in [3.63, 3.8) is 0 Å². The van der Waals surface area contributed by atoms with E-state index in [4.69, 9.17) is 10.00 Å². The molecule has 0 N–H and O–H groups in total. The number of rotatable bonds is 4. The Balaban J connectivity index is 1.85. The van der Waals surface area contributed by atoms with Gasteiger partial charge in [-0.2, -0.15) is 5.26 Å². The molecule has 1 heterocycles. The van der Waals surface area contributed by atoms with Crippen LogP contribution in [0.4, 0.5) is 0 Å². The second kappa shape index (κ2) is 6.42. The van der Waals surface area contributed by atoms with Crippen LogP contribution in [0, 0.1) is 11.3 Å². The van der Waals surface area contributed by atoms with Gasteiger partial charge in [0, 0.05) is 16.5 Å². The zero-order valence-electron chi connectivity index (χ0n) is 12.1. The van der Waals surface area contributed by atoms with Crippen molar-refractivity contribution in [2.24, 2.45) is 0 Å². The first kappa shape index (κ1) is 14.3. The van der Waals surface area contributed by atoms with Gasteiger partial charge in [0.05, 0.1) is 23.9 Å². The Morgan fingerprint density at radius 2 is 1.73 bits per heavy atom. The summed E-state index contributed by atoms with van der Waals surface area (Å²) in [6.07, 6.45) is 0. The SMILES string of the molecule is CCOc1ccc(-c2nc(-c3ccc(C#N)cc3)cs2)cc1. The minimum atomic E-state index is 0.658. The molecule has 0 aliphatic carbocycles. The molecular formula is C18H14N2OS. The Hall–Kier alpha value is -2.64. The fraction of sp³-hybridized carbons (Fsp3) is 0.111. The maximum atomic E-state index is 8.84. The van der Waals surface area contributed by atoms with Crippen LogP contribution < -0.4 is 4.74 Å². The summed E-state index contributed by atoms with van der Waals surface area (Å²) in [7, 11) is 0. The minimum Gasteiger partial charge on any atom is -0.494 e. The molecule has 0 aliphatic heterocycles. The highest BCUT2D eigenvalue weighted by Crippen LogP contribution is 2.30. The van der Waals surface area contributed by atoms with Gasteiger partial charge >= 0.3 is 0 Å². The molecule has 0 saturated heterocycles. The van der Waals surface area contributed by atoms with Crippen LogP contribution in [0.3, 0.4) is 0 Å². The molecule has 0 bridgehead atoms. The third kappa shape index (κ3) is 3.00. The third-order valence-corrected chi connectivity index (χ3v) is 4.12. The molecule has 22 heavy (non-hydrogen) atoms. The standard InChI is InChI=1S/C18H14N2OS/c1-2-21-16-9-7-15(8-10-16)18-20-17(12-22-18)14-5-3-13(11-19)4-6-14/h3-10,12H,2H2,1H3. The number of nitrogens with zero attached hydrogens (tertiary/aromatic N) is 2. The van der Waals surface area contributed by atoms with E-state index < -0.39 is 0 Å². The van der Waals surface area contributed by atoms with Gasteiger partial charge in [0.1, 0.15) is 10.8 Å². The first-order valence-electron chi connectivity index (χ1n) is 6.99. The Morgan fingerprint density at radius 3 is 2.36 bits per heavy atom. The topological polar surface area (TPSA) is 45.9 Å². The lowest BCUT2D eigenvalue weighted by molar-refractivity contribution is 0.340. The molecule has 0 saturated carbocycles. The highest BCUT2D eigenvalue weighted by molar-refractivity contribution is 7.13. The Kier molecular flexibility index (Phi) is 4.17. The number of aromatic nitrogens is 1. The van der Waals surface area contributed by atoms with Crippen LogP contribution in [0.2, 0.25) is 0 Å². The van der Waals surface area contributed by atoms with Crippen LogP contribution >= 0.6 is 11.3 Å². The molecule has 0 amide bonds. The summed E-state index contributed by atoms with van der Waals surface area (Å²) in [5.41, 5.74) is 3.69. The van der Waals surface area contributed by atoms with Gasteiger partial charge in [-0.3, -0.25) is 0 Å². The summed E-state index contributed by atoms with van der Waals surface area (Å²) in [6.45, 7) is 2.64. The maximum absolute atomic E-state index is 8.84. The molecule has 0 unspecified atom stereocenters. The van der Waals surface area contributed by atoms with Gasteiger partial charge in [0.25, 0.3) is 0 Å². The smallest absolute Gasteiger partial charge is 0.124 e. The molecular weight excluding hydrogens is 292 g/mol. The van der Waals surface area contributed by atoms with Crippen LogP contribution in [-0.4, -0.2) is 11.6 Å². The van der Waals surface area contributed by atoms with E-state index >= 15 is 0 Å². The monoisotopic (exact) mass is 306 g/mol. The van der Waals surface area contributed by atoms with E-state index in [9.17, 15) is 0 Å². The zero-order valence-corrected chi connectivity index (χ0v) is 12.9. The lowest BCUT2D eigenvalue weighted by Gasteiger charge is -2.03. The Labute approximate surface area is 133 Å². The summed E-state index contributed by atoms with van der Waals surface area (Å²) in [5.74, 6) is 0.870. The van der Waals surface area contributed by atoms with Gasteiger partial charge < -0.3 is 4.74 Å². The van der Waals surface area contributed by atoms with E-state index in [1.165, 1.54) is 0 Å². The molecule has 0 atom stereocenters. The molecule has 3 rings (SSSR count). The van der Waals surface area contributed by atoms with Crippen LogP contribution in [0.25, 0.3) is 21.8 Å². The second-order valence-corrected chi connectivity index (χ2v) is 5.54. The van der Waals surface area contributed by atoms with Crippen molar-refractivity contribution in [3.8, 4) is 33.6 Å². The van der Waals surface area contributed by atoms with Crippen LogP contribution in [0.5, 0.6) is 5.75 Å². The summed E-state index contributed by atoms with van der Waals surface area (Å²) in [5, 5.41) is 11.8. The van der Waals surface area contributed by atoms with Gasteiger partial charge in [-0.15, -0.1) is 11.3 Å². The van der Waals surface area contributed by atoms with Gasteiger partial charge in [0.15, 0.2) is 0 Å². The predicted molar refractivity (Wildman–Crippen MR) is 88.9 cm³/mol. The molecule has 0 spiro atoms. The van der Waals surface area contributed by atoms with Crippen molar-refractivity contribution in [1.82, 2.24) is 4.98 Å². The largest absolute Gasteiger partial charge is 0.494 e. The van der Waals surface area contributed by atoms with Gasteiger partial charge in [0.2, 0.25) is 0 Å². The van der Waals surface area contributed by atoms with Crippen molar-refractivity contribution < 1.29 is 4.74 Å². The van der Waals surface area contributed by atoms with Crippen molar-refractivity contribution >= 4 is 11.3 Å². The normalized spacial score (nSPS) is 10.2. The summed E-state index contributed by atoms with van der Waals surface area (Å²) < 4.78 is 5.45. The summed E-state index contributed by atoms with van der Waals surface area (Å²) in [6, 6.07) is 17.6. The number of thiazole rings is 1. The number of hydrogen-bond acceptors (Lipinski definition) is 4. The first-order chi connectivity index (χ1) is 10.8. The Bertz CT molecular complexity index is 798. The Morgan fingerprint density at radius 1 is 1.05 bits per heavy atom. The van der Waals surface area contributed by atoms with Crippen molar-refractivity contribution in [2.45, 2.75) is 6.92 Å². The van der Waals surface area contributed by atoms with E-state index in [2.05, 4.69) is 11.1 Å². The van der Waals surface area contributed by atoms with Crippen molar-refractivity contribution in [3.05, 3.63) is 59.5 Å². The molecule has 0 fully saturated rings. The lowest BCUT2D eigenvalue weighted by Crippen LogP contribution is -1.90. The molecule has 3 aromatic rings. The molecule has 0 radical (unpaired) electrons. The molecule has 1 aromatic heterocycles. The van der Waals surface area contributed by atoms with Gasteiger partial charge in [-0.25, -0.2) is 4.98 Å². The fourth-order valence-corrected chi connectivity index (χ4v) is 2.95. The summed E-state index contributed by atoms with van der Waals surface area (Å²) >= 11 is 1.61. The quantitative estimate of drug-likeness (QED) is 0.699. The predicted octanol–water partition coefficient (Wildman–Crippen LogP) is 4.75. The van der Waals surface area contributed by atoms with E-state index in [0.29, 0.717) is 12.2 Å². The zero-order chi connectivity index (χ0) is 15.4. The number of nitriles is 1. The second-order valence-electron chi connectivity index (χ2n) is 4.68. The average molecular weight is 306 g/mol. The van der Waals surface area contributed by atoms with E-state index in [-0.39, 0.29) is 0 Å². The maximum Gasteiger partial charge on any atom is 0.124 e. The number of hydrogen-bond donors (Lipinski definition) is 0. The van der Waals surface area contributed by atoms with Crippen molar-refractivity contribution in [2.75, 3.05) is 6.61 Å². The molecule has 3 nitrogen and oxygen atoms in total. The van der Waals surface area contributed by atoms with Crippen LogP contribution in [0.15, 0.2) is 53.9 Å². The number of benzene rings is 2. The first-order valence-corrected chi connectivity index (χ1v) is 7.87. The van der Waals surface area contributed by atoms with Gasteiger partial charge in [-0.1, -0.05) is 12.1 Å². The van der Waals surface area contributed by atoms with Crippen LogP contribution in [0.1, 0.15) is 12.5 Å². The van der Waals surface area contributed by atoms with Gasteiger partial charge in [-0.05, 0) is 43.3 Å². The summed E-state index contributed by atoms with van der Waals surface area (Å²) in [4.78, 5) is 4.68. The molecule has 4 heteroatoms. The number of ether oxygens (including phenoxy) is 1.